The van der Waals surface area contributed by atoms with Crippen molar-refractivity contribution in [3.63, 3.8) is 0 Å². The molecule has 0 N–H and O–H groups in total. The zero-order valence-corrected chi connectivity index (χ0v) is 25.2. The van der Waals surface area contributed by atoms with Gasteiger partial charge in [0.15, 0.2) is 6.61 Å². The number of ether oxygens (including phenoxy) is 3. The Hall–Kier alpha value is -2.66. The third-order valence-corrected chi connectivity index (χ3v) is 7.89. The van der Waals surface area contributed by atoms with Crippen molar-refractivity contribution in [1.82, 2.24) is 4.98 Å². The van der Waals surface area contributed by atoms with Crippen LogP contribution >= 0.6 is 19.2 Å². The minimum absolute atomic E-state index is 0.00795. The number of benzene rings is 1. The molecule has 1 aromatic heterocycles. The van der Waals surface area contributed by atoms with Crippen LogP contribution in [0.2, 0.25) is 0 Å². The number of nitrogens with zero attached hydrogens (tertiary/aromatic N) is 2. The third kappa shape index (κ3) is 13.2. The molecule has 0 spiro atoms. The van der Waals surface area contributed by atoms with Gasteiger partial charge >= 0.3 is 19.9 Å². The normalized spacial score (nSPS) is 13.5. The lowest BCUT2D eigenvalue weighted by Crippen LogP contribution is -2.23. The number of carbonyl (C=O) groups excluding carboxylic acids is 1. The first-order valence-corrected chi connectivity index (χ1v) is 14.9. The molecule has 14 heteroatoms. The molecule has 0 radical (unpaired) electrons. The summed E-state index contributed by atoms with van der Waals surface area (Å²) in [5.74, 6) is 0.495. The molecule has 1 atom stereocenters. The van der Waals surface area contributed by atoms with Crippen LogP contribution < -0.4 is 9.47 Å². The summed E-state index contributed by atoms with van der Waals surface area (Å²) in [5, 5.41) is -1.09. The molecule has 0 aliphatic rings. The Labute approximate surface area is 242 Å². The molecule has 0 aliphatic heterocycles. The minimum Gasteiger partial charge on any atom is -0.487 e. The van der Waals surface area contributed by atoms with Gasteiger partial charge < -0.3 is 23.3 Å². The fraction of sp³-hybridized carbons (Fsp3) is 0.519. The molecule has 1 amide bonds. The molecule has 1 unspecified atom stereocenters. The van der Waals surface area contributed by atoms with Crippen LogP contribution in [0.4, 0.5) is 18.0 Å². The van der Waals surface area contributed by atoms with Gasteiger partial charge in [-0.1, -0.05) is 12.1 Å². The lowest BCUT2D eigenvalue weighted by atomic mass is 10.1. The fourth-order valence-corrected chi connectivity index (χ4v) is 5.39. The molecule has 9 nitrogen and oxygen atoms in total. The summed E-state index contributed by atoms with van der Waals surface area (Å²) in [7, 11) is -3.67. The van der Waals surface area contributed by atoms with Gasteiger partial charge in [-0.05, 0) is 58.4 Å². The topological polar surface area (TPSA) is 106 Å². The first-order chi connectivity index (χ1) is 19.1. The smallest absolute Gasteiger partial charge is 0.434 e. The first-order valence-electron chi connectivity index (χ1n) is 12.8. The number of rotatable bonds is 14. The van der Waals surface area contributed by atoms with Gasteiger partial charge in [-0.15, -0.1) is 11.6 Å². The average molecular weight is 623 g/mol. The number of amides is 1. The van der Waals surface area contributed by atoms with Crippen LogP contribution in [0.3, 0.4) is 0 Å². The zero-order valence-electron chi connectivity index (χ0n) is 23.6. The van der Waals surface area contributed by atoms with Crippen LogP contribution in [-0.2, 0) is 31.4 Å². The van der Waals surface area contributed by atoms with Crippen molar-refractivity contribution in [3.05, 3.63) is 53.9 Å². The summed E-state index contributed by atoms with van der Waals surface area (Å²) in [5.41, 5.74) is 0.663. The van der Waals surface area contributed by atoms with Crippen LogP contribution in [0, 0.1) is 0 Å². The maximum Gasteiger partial charge on any atom is 0.434 e. The number of aromatic nitrogens is 1. The predicted octanol–water partition coefficient (Wildman–Crippen LogP) is 7.74. The SMILES string of the molecule is CCOP(=O)(OCC)C(Cl)CC(Cc1ccc(OCc2cc(OCC(F)(F)F)ccn2)cc1)=NC(=O)OC(C)(C)C. The van der Waals surface area contributed by atoms with Gasteiger partial charge in [-0.25, -0.2) is 4.79 Å². The Bertz CT molecular complexity index is 1190. The number of halogens is 4. The highest BCUT2D eigenvalue weighted by Gasteiger charge is 2.35. The van der Waals surface area contributed by atoms with E-state index in [0.29, 0.717) is 17.2 Å². The van der Waals surface area contributed by atoms with Crippen molar-refractivity contribution in [1.29, 1.82) is 0 Å². The van der Waals surface area contributed by atoms with E-state index >= 15 is 0 Å². The van der Waals surface area contributed by atoms with Crippen LogP contribution in [0.5, 0.6) is 11.5 Å². The quantitative estimate of drug-likeness (QED) is 0.120. The van der Waals surface area contributed by atoms with Crippen LogP contribution in [0.1, 0.15) is 52.3 Å². The summed E-state index contributed by atoms with van der Waals surface area (Å²) < 4.78 is 76.7. The van der Waals surface area contributed by atoms with E-state index in [2.05, 4.69) is 9.98 Å². The Morgan fingerprint density at radius 2 is 1.66 bits per heavy atom. The summed E-state index contributed by atoms with van der Waals surface area (Å²) in [4.78, 5) is 20.6. The highest BCUT2D eigenvalue weighted by atomic mass is 35.5. The van der Waals surface area contributed by atoms with E-state index in [0.717, 1.165) is 5.56 Å². The van der Waals surface area contributed by atoms with Gasteiger partial charge in [0, 0.05) is 30.8 Å². The monoisotopic (exact) mass is 622 g/mol. The molecule has 2 aromatic rings. The molecule has 0 saturated carbocycles. The van der Waals surface area contributed by atoms with Crippen molar-refractivity contribution in [2.45, 2.75) is 71.0 Å². The van der Waals surface area contributed by atoms with Crippen molar-refractivity contribution < 1.29 is 45.8 Å². The minimum atomic E-state index is -4.45. The molecule has 0 saturated heterocycles. The molecular weight excluding hydrogens is 588 g/mol. The molecule has 0 bridgehead atoms. The van der Waals surface area contributed by atoms with Gasteiger partial charge in [-0.3, -0.25) is 9.55 Å². The second kappa shape index (κ2) is 15.5. The van der Waals surface area contributed by atoms with Crippen LogP contribution in [-0.4, -0.2) is 53.5 Å². The number of pyridine rings is 1. The number of aliphatic imine (C=N–C) groups is 1. The summed E-state index contributed by atoms with van der Waals surface area (Å²) in [6, 6.07) is 9.52. The second-order valence-electron chi connectivity index (χ2n) is 9.67. The Kier molecular flexibility index (Phi) is 13.1. The van der Waals surface area contributed by atoms with Gasteiger partial charge in [0.2, 0.25) is 0 Å². The summed E-state index contributed by atoms with van der Waals surface area (Å²) >= 11 is 6.46. The van der Waals surface area contributed by atoms with E-state index in [1.807, 2.05) is 0 Å². The lowest BCUT2D eigenvalue weighted by Gasteiger charge is -2.22. The summed E-state index contributed by atoms with van der Waals surface area (Å²) in [6.45, 7) is 7.31. The number of hydrogen-bond acceptors (Lipinski definition) is 8. The Morgan fingerprint density at radius 3 is 2.22 bits per heavy atom. The standard InChI is InChI=1S/C27H35ClF3N2O7P/c1-6-38-41(35,39-7-2)24(28)16-20(33-25(34)40-26(3,4)5)14-19-8-10-22(11-9-19)36-17-21-15-23(12-13-32-21)37-18-27(29,30)31/h8-13,15,24H,6-7,14,16-18H2,1-5H3. The largest absolute Gasteiger partial charge is 0.487 e. The molecule has 1 heterocycles. The Balaban J connectivity index is 2.13. The van der Waals surface area contributed by atoms with Crippen molar-refractivity contribution in [2.24, 2.45) is 4.99 Å². The highest BCUT2D eigenvalue weighted by molar-refractivity contribution is 7.56. The number of hydrogen-bond donors (Lipinski definition) is 0. The molecule has 0 fully saturated rings. The number of carbonyl (C=O) groups is 1. The van der Waals surface area contributed by atoms with Crippen molar-refractivity contribution in [2.75, 3.05) is 19.8 Å². The van der Waals surface area contributed by atoms with Gasteiger partial charge in [0.1, 0.15) is 28.8 Å². The van der Waals surface area contributed by atoms with Crippen molar-refractivity contribution >= 4 is 31.0 Å². The van der Waals surface area contributed by atoms with E-state index < -0.39 is 37.2 Å². The zero-order chi connectivity index (χ0) is 30.7. The number of alkyl halides is 4. The van der Waals surface area contributed by atoms with Crippen LogP contribution in [0.25, 0.3) is 0 Å². The van der Waals surface area contributed by atoms with Gasteiger partial charge in [0.25, 0.3) is 0 Å². The van der Waals surface area contributed by atoms with E-state index in [4.69, 9.17) is 34.9 Å². The summed E-state index contributed by atoms with van der Waals surface area (Å²) in [6.07, 6.45) is -3.81. The van der Waals surface area contributed by atoms with Gasteiger partial charge in [-0.2, -0.15) is 18.2 Å². The van der Waals surface area contributed by atoms with E-state index in [9.17, 15) is 22.5 Å². The third-order valence-electron chi connectivity index (χ3n) is 4.92. The highest BCUT2D eigenvalue weighted by Crippen LogP contribution is 2.56. The maximum absolute atomic E-state index is 13.1. The van der Waals surface area contributed by atoms with E-state index in [-0.39, 0.29) is 38.4 Å². The molecule has 228 valence electrons. The second-order valence-corrected chi connectivity index (χ2v) is 12.7. The molecular formula is C27H35ClF3N2O7P. The van der Waals surface area contributed by atoms with Crippen LogP contribution in [0.15, 0.2) is 47.6 Å². The predicted molar refractivity (Wildman–Crippen MR) is 149 cm³/mol. The first kappa shape index (κ1) is 34.5. The molecule has 0 aliphatic carbocycles. The maximum atomic E-state index is 13.1. The Morgan fingerprint density at radius 1 is 1.02 bits per heavy atom. The van der Waals surface area contributed by atoms with Crippen molar-refractivity contribution in [3.8, 4) is 11.5 Å². The average Bonchev–Trinajstić information content (AvgIpc) is 2.86. The van der Waals surface area contributed by atoms with Gasteiger partial charge in [0.05, 0.1) is 18.9 Å². The van der Waals surface area contributed by atoms with E-state index in [1.165, 1.54) is 18.3 Å². The molecule has 41 heavy (non-hydrogen) atoms. The molecule has 2 rings (SSSR count). The molecule has 1 aromatic carbocycles. The lowest BCUT2D eigenvalue weighted by molar-refractivity contribution is -0.153. The van der Waals surface area contributed by atoms with E-state index in [1.54, 1.807) is 58.9 Å². The fourth-order valence-electron chi connectivity index (χ4n) is 3.32.